The fraction of sp³-hybridized carbons (Fsp3) is 0.536. The van der Waals surface area contributed by atoms with E-state index in [4.69, 9.17) is 0 Å². The van der Waals surface area contributed by atoms with Gasteiger partial charge in [0.05, 0.1) is 5.56 Å². The van der Waals surface area contributed by atoms with Gasteiger partial charge in [-0.2, -0.15) is 13.2 Å². The van der Waals surface area contributed by atoms with Crippen LogP contribution in [0.4, 0.5) is 17.6 Å². The number of nitrogens with zero attached hydrogens (tertiary/aromatic N) is 1. The fourth-order valence-electron chi connectivity index (χ4n) is 6.05. The van der Waals surface area contributed by atoms with Crippen LogP contribution in [0.15, 0.2) is 48.5 Å². The van der Waals surface area contributed by atoms with Gasteiger partial charge in [0.25, 0.3) is 0 Å². The molecule has 0 radical (unpaired) electrons. The quantitative estimate of drug-likeness (QED) is 0.395. The molecule has 4 rings (SSSR count). The largest absolute Gasteiger partial charge is 0.481 e. The van der Waals surface area contributed by atoms with E-state index in [0.29, 0.717) is 18.9 Å². The lowest BCUT2D eigenvalue weighted by molar-refractivity contribution is -0.139. The average Bonchev–Trinajstić information content (AvgIpc) is 3.32. The van der Waals surface area contributed by atoms with Crippen LogP contribution in [0.25, 0.3) is 0 Å². The number of aliphatic carboxylic acids is 1. The number of rotatable bonds is 8. The Morgan fingerprint density at radius 3 is 2.17 bits per heavy atom. The van der Waals surface area contributed by atoms with Crippen LogP contribution in [-0.4, -0.2) is 28.6 Å². The number of hydrogen-bond acceptors (Lipinski definition) is 2. The molecule has 35 heavy (non-hydrogen) atoms. The zero-order valence-electron chi connectivity index (χ0n) is 19.8. The molecule has 0 bridgehead atoms. The van der Waals surface area contributed by atoms with E-state index in [9.17, 15) is 27.5 Å². The second kappa shape index (κ2) is 11.1. The lowest BCUT2D eigenvalue weighted by atomic mass is 9.72. The minimum Gasteiger partial charge on any atom is -0.481 e. The van der Waals surface area contributed by atoms with Gasteiger partial charge >= 0.3 is 12.1 Å². The third-order valence-corrected chi connectivity index (χ3v) is 7.79. The van der Waals surface area contributed by atoms with Gasteiger partial charge in [0.2, 0.25) is 0 Å². The highest BCUT2D eigenvalue weighted by atomic mass is 19.4. The molecule has 7 heteroatoms. The highest BCUT2D eigenvalue weighted by Gasteiger charge is 2.37. The molecule has 0 aromatic heterocycles. The van der Waals surface area contributed by atoms with Crippen molar-refractivity contribution in [3.8, 4) is 0 Å². The zero-order valence-corrected chi connectivity index (χ0v) is 19.8. The summed E-state index contributed by atoms with van der Waals surface area (Å²) >= 11 is 0. The maximum Gasteiger partial charge on any atom is 0.416 e. The predicted molar refractivity (Wildman–Crippen MR) is 126 cm³/mol. The third-order valence-electron chi connectivity index (χ3n) is 7.79. The van der Waals surface area contributed by atoms with Gasteiger partial charge in [0.1, 0.15) is 5.82 Å². The molecular weight excluding hydrogens is 458 g/mol. The maximum atomic E-state index is 13.5. The summed E-state index contributed by atoms with van der Waals surface area (Å²) < 4.78 is 53.0. The van der Waals surface area contributed by atoms with Crippen LogP contribution in [0.2, 0.25) is 0 Å². The third kappa shape index (κ3) is 6.84. The van der Waals surface area contributed by atoms with Gasteiger partial charge in [-0.3, -0.25) is 9.69 Å². The van der Waals surface area contributed by atoms with Crippen LogP contribution in [0.1, 0.15) is 74.0 Å². The molecule has 3 unspecified atom stereocenters. The number of carbonyl (C=O) groups is 1. The Labute approximate surface area is 204 Å². The summed E-state index contributed by atoms with van der Waals surface area (Å²) in [6.45, 7) is 1.53. The van der Waals surface area contributed by atoms with E-state index in [1.807, 2.05) is 0 Å². The number of carboxylic acids is 1. The smallest absolute Gasteiger partial charge is 0.416 e. The van der Waals surface area contributed by atoms with Crippen molar-refractivity contribution in [2.45, 2.75) is 76.0 Å². The Morgan fingerprint density at radius 1 is 0.914 bits per heavy atom. The van der Waals surface area contributed by atoms with E-state index in [2.05, 4.69) is 4.90 Å². The van der Waals surface area contributed by atoms with Crippen LogP contribution in [-0.2, 0) is 17.5 Å². The number of benzene rings is 2. The molecule has 2 aromatic carbocycles. The molecule has 2 fully saturated rings. The van der Waals surface area contributed by atoms with Gasteiger partial charge in [-0.15, -0.1) is 0 Å². The van der Waals surface area contributed by atoms with Crippen molar-refractivity contribution >= 4 is 5.97 Å². The summed E-state index contributed by atoms with van der Waals surface area (Å²) in [6, 6.07) is 12.0. The molecule has 2 aliphatic carbocycles. The number of alkyl halides is 3. The molecule has 0 spiro atoms. The Balaban J connectivity index is 1.63. The van der Waals surface area contributed by atoms with Gasteiger partial charge in [0.15, 0.2) is 0 Å². The molecule has 190 valence electrons. The van der Waals surface area contributed by atoms with E-state index in [1.165, 1.54) is 37.8 Å². The standard InChI is InChI=1S/C28H33F4NO2/c29-24-12-5-20(6-13-24)18-33(17-19-3-1-2-4-19)26-14-7-21(16-27(34)35)15-25(26)22-8-10-23(11-9-22)28(30,31)32/h5-6,8-13,19,21,25-26H,1-4,7,14-18H2,(H,34,35). The second-order valence-electron chi connectivity index (χ2n) is 10.3. The van der Waals surface area contributed by atoms with E-state index in [1.54, 1.807) is 24.3 Å². The van der Waals surface area contributed by atoms with E-state index < -0.39 is 17.7 Å². The van der Waals surface area contributed by atoms with Crippen molar-refractivity contribution in [3.05, 3.63) is 71.0 Å². The summed E-state index contributed by atoms with van der Waals surface area (Å²) in [5.41, 5.74) is 1.15. The molecule has 2 saturated carbocycles. The summed E-state index contributed by atoms with van der Waals surface area (Å²) in [5.74, 6) is -0.616. The topological polar surface area (TPSA) is 40.5 Å². The van der Waals surface area contributed by atoms with Crippen LogP contribution in [0.5, 0.6) is 0 Å². The van der Waals surface area contributed by atoms with Gasteiger partial charge in [-0.05, 0) is 85.3 Å². The van der Waals surface area contributed by atoms with Gasteiger partial charge < -0.3 is 5.11 Å². The first-order valence-electron chi connectivity index (χ1n) is 12.6. The Morgan fingerprint density at radius 2 is 1.57 bits per heavy atom. The molecule has 2 aliphatic rings. The highest BCUT2D eigenvalue weighted by Crippen LogP contribution is 2.42. The second-order valence-corrected chi connectivity index (χ2v) is 10.3. The SMILES string of the molecule is O=C(O)CC1CCC(N(Cc2ccc(F)cc2)CC2CCCC2)C(c2ccc(C(F)(F)F)cc2)C1. The molecule has 0 aliphatic heterocycles. The van der Waals surface area contributed by atoms with Crippen LogP contribution < -0.4 is 0 Å². The summed E-state index contributed by atoms with van der Waals surface area (Å²) in [4.78, 5) is 13.8. The van der Waals surface area contributed by atoms with Crippen molar-refractivity contribution < 1.29 is 27.5 Å². The van der Waals surface area contributed by atoms with Crippen LogP contribution in [0, 0.1) is 17.7 Å². The first kappa shape index (κ1) is 25.7. The molecule has 1 N–H and O–H groups in total. The number of hydrogen-bond donors (Lipinski definition) is 1. The Hall–Kier alpha value is -2.41. The molecule has 0 amide bonds. The lowest BCUT2D eigenvalue weighted by Gasteiger charge is -2.44. The Kier molecular flexibility index (Phi) is 8.15. The number of carboxylic acid groups (broad SMARTS) is 1. The lowest BCUT2D eigenvalue weighted by Crippen LogP contribution is -2.44. The van der Waals surface area contributed by atoms with Gasteiger partial charge in [-0.25, -0.2) is 4.39 Å². The maximum absolute atomic E-state index is 13.5. The Bertz CT molecular complexity index is 968. The minimum absolute atomic E-state index is 0.00445. The fourth-order valence-corrected chi connectivity index (χ4v) is 6.05. The van der Waals surface area contributed by atoms with Crippen molar-refractivity contribution in [1.29, 1.82) is 0 Å². The first-order chi connectivity index (χ1) is 16.7. The molecule has 3 atom stereocenters. The zero-order chi connectivity index (χ0) is 25.0. The normalized spacial score (nSPS) is 23.6. The van der Waals surface area contributed by atoms with Crippen molar-refractivity contribution in [2.75, 3.05) is 6.54 Å². The molecule has 2 aromatic rings. The van der Waals surface area contributed by atoms with Gasteiger partial charge in [0, 0.05) is 25.6 Å². The summed E-state index contributed by atoms with van der Waals surface area (Å²) in [6.07, 6.45) is 2.63. The molecule has 3 nitrogen and oxygen atoms in total. The monoisotopic (exact) mass is 491 g/mol. The summed E-state index contributed by atoms with van der Waals surface area (Å²) in [7, 11) is 0. The van der Waals surface area contributed by atoms with Crippen molar-refractivity contribution in [1.82, 2.24) is 4.90 Å². The molecular formula is C28H33F4NO2. The van der Waals surface area contributed by atoms with E-state index in [0.717, 1.165) is 42.6 Å². The minimum atomic E-state index is -4.40. The van der Waals surface area contributed by atoms with Crippen LogP contribution >= 0.6 is 0 Å². The number of halogens is 4. The van der Waals surface area contributed by atoms with Crippen molar-refractivity contribution in [3.63, 3.8) is 0 Å². The van der Waals surface area contributed by atoms with Crippen molar-refractivity contribution in [2.24, 2.45) is 11.8 Å². The summed E-state index contributed by atoms with van der Waals surface area (Å²) in [5, 5.41) is 9.36. The highest BCUT2D eigenvalue weighted by molar-refractivity contribution is 5.67. The predicted octanol–water partition coefficient (Wildman–Crippen LogP) is 7.26. The first-order valence-corrected chi connectivity index (χ1v) is 12.6. The van der Waals surface area contributed by atoms with Gasteiger partial charge in [-0.1, -0.05) is 37.1 Å². The van der Waals surface area contributed by atoms with Crippen LogP contribution in [0.3, 0.4) is 0 Å². The van der Waals surface area contributed by atoms with E-state index >= 15 is 0 Å². The van der Waals surface area contributed by atoms with E-state index in [-0.39, 0.29) is 30.1 Å². The average molecular weight is 492 g/mol. The molecule has 0 saturated heterocycles. The molecule has 0 heterocycles.